The van der Waals surface area contributed by atoms with Gasteiger partial charge in [0, 0.05) is 23.4 Å². The number of aliphatic hydroxyl groups excluding tert-OH is 1. The van der Waals surface area contributed by atoms with Gasteiger partial charge in [0.05, 0.1) is 18.2 Å². The smallest absolute Gasteiger partial charge is 0.199 e. The Balaban J connectivity index is 1.85. The van der Waals surface area contributed by atoms with E-state index in [1.807, 2.05) is 6.07 Å². The summed E-state index contributed by atoms with van der Waals surface area (Å²) in [5.41, 5.74) is 2.05. The Morgan fingerprint density at radius 3 is 2.80 bits per heavy atom. The quantitative estimate of drug-likeness (QED) is 0.860. The fourth-order valence-corrected chi connectivity index (χ4v) is 2.71. The molecule has 1 aromatic rings. The molecular formula is C16H17NO3. The molecule has 1 saturated heterocycles. The van der Waals surface area contributed by atoms with E-state index in [4.69, 9.17) is 4.74 Å². The SMILES string of the molecule is CC(=NCC1CCCO1)C1=C(O)c2ccccc2C1=O. The molecule has 0 bridgehead atoms. The van der Waals surface area contributed by atoms with E-state index in [0.717, 1.165) is 19.4 Å². The highest BCUT2D eigenvalue weighted by Gasteiger charge is 2.30. The predicted molar refractivity (Wildman–Crippen MR) is 77.3 cm³/mol. The van der Waals surface area contributed by atoms with Crippen molar-refractivity contribution in [1.29, 1.82) is 0 Å². The fraction of sp³-hybridized carbons (Fsp3) is 0.375. The highest BCUT2D eigenvalue weighted by Crippen LogP contribution is 2.31. The second-order valence-electron chi connectivity index (χ2n) is 5.16. The summed E-state index contributed by atoms with van der Waals surface area (Å²) in [6.07, 6.45) is 2.22. The molecule has 4 nitrogen and oxygen atoms in total. The van der Waals surface area contributed by atoms with E-state index in [1.54, 1.807) is 25.1 Å². The lowest BCUT2D eigenvalue weighted by atomic mass is 10.1. The van der Waals surface area contributed by atoms with E-state index in [-0.39, 0.29) is 17.6 Å². The standard InChI is InChI=1S/C16H17NO3/c1-10(17-9-11-5-4-8-20-11)14-15(18)12-6-2-3-7-13(12)16(14)19/h2-3,6-7,11,18H,4-5,8-9H2,1H3. The molecule has 4 heteroatoms. The summed E-state index contributed by atoms with van der Waals surface area (Å²) >= 11 is 0. The molecular weight excluding hydrogens is 254 g/mol. The van der Waals surface area contributed by atoms with Gasteiger partial charge in [-0.25, -0.2) is 0 Å². The van der Waals surface area contributed by atoms with Crippen LogP contribution in [-0.2, 0) is 4.74 Å². The molecule has 1 N–H and O–H groups in total. The van der Waals surface area contributed by atoms with Gasteiger partial charge in [0.25, 0.3) is 0 Å². The van der Waals surface area contributed by atoms with Crippen LogP contribution in [0.15, 0.2) is 34.8 Å². The predicted octanol–water partition coefficient (Wildman–Crippen LogP) is 2.79. The van der Waals surface area contributed by atoms with Gasteiger partial charge in [-0.1, -0.05) is 24.3 Å². The highest BCUT2D eigenvalue weighted by atomic mass is 16.5. The van der Waals surface area contributed by atoms with Gasteiger partial charge < -0.3 is 9.84 Å². The number of aliphatic imine (C=N–C) groups is 1. The summed E-state index contributed by atoms with van der Waals surface area (Å²) in [5, 5.41) is 10.2. The van der Waals surface area contributed by atoms with E-state index in [2.05, 4.69) is 4.99 Å². The monoisotopic (exact) mass is 271 g/mol. The molecule has 0 saturated carbocycles. The zero-order chi connectivity index (χ0) is 14.1. The van der Waals surface area contributed by atoms with E-state index >= 15 is 0 Å². The maximum atomic E-state index is 12.3. The number of rotatable bonds is 3. The van der Waals surface area contributed by atoms with Gasteiger partial charge in [0.1, 0.15) is 5.76 Å². The zero-order valence-electron chi connectivity index (χ0n) is 11.4. The van der Waals surface area contributed by atoms with Crippen LogP contribution < -0.4 is 0 Å². The van der Waals surface area contributed by atoms with Crippen molar-refractivity contribution < 1.29 is 14.6 Å². The van der Waals surface area contributed by atoms with Crippen LogP contribution in [0.2, 0.25) is 0 Å². The Morgan fingerprint density at radius 2 is 2.15 bits per heavy atom. The maximum Gasteiger partial charge on any atom is 0.199 e. The minimum absolute atomic E-state index is 0.0409. The molecule has 20 heavy (non-hydrogen) atoms. The minimum Gasteiger partial charge on any atom is -0.506 e. The summed E-state index contributed by atoms with van der Waals surface area (Å²) < 4.78 is 5.51. The summed E-state index contributed by atoms with van der Waals surface area (Å²) in [6, 6.07) is 7.09. The molecule has 0 radical (unpaired) electrons. The molecule has 1 heterocycles. The topological polar surface area (TPSA) is 58.9 Å². The van der Waals surface area contributed by atoms with Gasteiger partial charge in [-0.15, -0.1) is 0 Å². The third-order valence-corrected chi connectivity index (χ3v) is 3.81. The molecule has 1 aromatic carbocycles. The molecule has 1 aliphatic carbocycles. The Morgan fingerprint density at radius 1 is 1.40 bits per heavy atom. The number of nitrogens with zero attached hydrogens (tertiary/aromatic N) is 1. The van der Waals surface area contributed by atoms with Crippen LogP contribution in [0.25, 0.3) is 5.76 Å². The summed E-state index contributed by atoms with van der Waals surface area (Å²) in [4.78, 5) is 16.7. The lowest BCUT2D eigenvalue weighted by Gasteiger charge is -2.07. The summed E-state index contributed by atoms with van der Waals surface area (Å²) in [7, 11) is 0. The number of hydrogen-bond acceptors (Lipinski definition) is 4. The van der Waals surface area contributed by atoms with Gasteiger partial charge in [0.15, 0.2) is 5.78 Å². The highest BCUT2D eigenvalue weighted by molar-refractivity contribution is 6.35. The van der Waals surface area contributed by atoms with E-state index in [9.17, 15) is 9.90 Å². The van der Waals surface area contributed by atoms with Gasteiger partial charge in [0.2, 0.25) is 0 Å². The Kier molecular flexibility index (Phi) is 3.40. The molecule has 2 aliphatic rings. The van der Waals surface area contributed by atoms with Crippen molar-refractivity contribution in [1.82, 2.24) is 0 Å². The van der Waals surface area contributed by atoms with Crippen LogP contribution in [0.1, 0.15) is 35.7 Å². The van der Waals surface area contributed by atoms with Crippen molar-refractivity contribution in [3.63, 3.8) is 0 Å². The van der Waals surface area contributed by atoms with Crippen molar-refractivity contribution >= 4 is 17.3 Å². The number of benzene rings is 1. The number of Topliss-reactive ketones (excluding diaryl/α,β-unsaturated/α-hetero) is 1. The third-order valence-electron chi connectivity index (χ3n) is 3.81. The lowest BCUT2D eigenvalue weighted by molar-refractivity contribution is 0.104. The molecule has 3 rings (SSSR count). The molecule has 1 aliphatic heterocycles. The number of aliphatic hydroxyl groups is 1. The van der Waals surface area contributed by atoms with Crippen LogP contribution in [-0.4, -0.2) is 35.9 Å². The molecule has 1 unspecified atom stereocenters. The minimum atomic E-state index is -0.147. The third kappa shape index (κ3) is 2.16. The summed E-state index contributed by atoms with van der Waals surface area (Å²) in [6.45, 7) is 3.11. The second-order valence-corrected chi connectivity index (χ2v) is 5.16. The van der Waals surface area contributed by atoms with Crippen molar-refractivity contribution in [2.45, 2.75) is 25.9 Å². The lowest BCUT2D eigenvalue weighted by Crippen LogP contribution is -2.13. The van der Waals surface area contributed by atoms with Gasteiger partial charge in [-0.3, -0.25) is 9.79 Å². The second kappa shape index (κ2) is 5.21. The molecule has 0 amide bonds. The Labute approximate surface area is 117 Å². The number of carbonyl (C=O) groups is 1. The number of carbonyl (C=O) groups excluding carboxylic acids is 1. The fourth-order valence-electron chi connectivity index (χ4n) is 2.71. The molecule has 0 aromatic heterocycles. The van der Waals surface area contributed by atoms with E-state index < -0.39 is 0 Å². The van der Waals surface area contributed by atoms with Crippen LogP contribution in [0.3, 0.4) is 0 Å². The zero-order valence-corrected chi connectivity index (χ0v) is 11.4. The average molecular weight is 271 g/mol. The number of ketones is 1. The first-order chi connectivity index (χ1) is 9.68. The number of hydrogen-bond donors (Lipinski definition) is 1. The largest absolute Gasteiger partial charge is 0.506 e. The van der Waals surface area contributed by atoms with Crippen LogP contribution >= 0.6 is 0 Å². The molecule has 0 spiro atoms. The van der Waals surface area contributed by atoms with Gasteiger partial charge >= 0.3 is 0 Å². The average Bonchev–Trinajstić information content (AvgIpc) is 3.05. The Bertz CT molecular complexity index is 610. The maximum absolute atomic E-state index is 12.3. The normalized spacial score (nSPS) is 22.6. The first-order valence-corrected chi connectivity index (χ1v) is 6.89. The van der Waals surface area contributed by atoms with Gasteiger partial charge in [-0.05, 0) is 19.8 Å². The van der Waals surface area contributed by atoms with Crippen LogP contribution in [0.5, 0.6) is 0 Å². The number of allylic oxidation sites excluding steroid dienone is 1. The molecule has 1 fully saturated rings. The first-order valence-electron chi connectivity index (χ1n) is 6.89. The van der Waals surface area contributed by atoms with E-state index in [0.29, 0.717) is 29.0 Å². The summed E-state index contributed by atoms with van der Waals surface area (Å²) in [5.74, 6) is -0.106. The van der Waals surface area contributed by atoms with E-state index in [1.165, 1.54) is 0 Å². The van der Waals surface area contributed by atoms with Crippen LogP contribution in [0, 0.1) is 0 Å². The van der Waals surface area contributed by atoms with Gasteiger partial charge in [-0.2, -0.15) is 0 Å². The number of fused-ring (bicyclic) bond motifs is 1. The van der Waals surface area contributed by atoms with Crippen molar-refractivity contribution in [3.05, 3.63) is 41.0 Å². The number of ether oxygens (including phenoxy) is 1. The van der Waals surface area contributed by atoms with Crippen molar-refractivity contribution in [2.24, 2.45) is 4.99 Å². The molecule has 104 valence electrons. The van der Waals surface area contributed by atoms with Crippen LogP contribution in [0.4, 0.5) is 0 Å². The first kappa shape index (κ1) is 13.1. The molecule has 1 atom stereocenters. The van der Waals surface area contributed by atoms with Crippen molar-refractivity contribution in [3.8, 4) is 0 Å². The van der Waals surface area contributed by atoms with Crippen molar-refractivity contribution in [2.75, 3.05) is 13.2 Å². The Hall–Kier alpha value is -1.94.